The van der Waals surface area contributed by atoms with Gasteiger partial charge in [0.2, 0.25) is 0 Å². The molecule has 1 fully saturated rings. The number of benzene rings is 1. The summed E-state index contributed by atoms with van der Waals surface area (Å²) in [6.07, 6.45) is 0. The Morgan fingerprint density at radius 3 is 2.90 bits per heavy atom. The Kier molecular flexibility index (Phi) is 4.97. The van der Waals surface area contributed by atoms with Gasteiger partial charge in [-0.15, -0.1) is 0 Å². The molecule has 0 saturated carbocycles. The van der Waals surface area contributed by atoms with Crippen LogP contribution in [0.5, 0.6) is 0 Å². The molecule has 1 aliphatic heterocycles. The van der Waals surface area contributed by atoms with Crippen molar-refractivity contribution in [2.24, 2.45) is 5.73 Å². The second kappa shape index (κ2) is 6.55. The zero-order chi connectivity index (χ0) is 15.5. The number of hydrogen-bond donors (Lipinski definition) is 1. The lowest BCUT2D eigenvalue weighted by Gasteiger charge is -2.37. The smallest absolute Gasteiger partial charge is 0.254 e. The van der Waals surface area contributed by atoms with E-state index in [2.05, 4.69) is 25.7 Å². The highest BCUT2D eigenvalue weighted by molar-refractivity contribution is 8.00. The molecule has 1 aromatic rings. The standard InChI is InChI=1S/C17H22N2OS/c1-13-14(7-5-9-18)6-4-8-15(13)16(20)19-10-11-21-17(2,3)12-19/h4,6,8H,9-12,18H2,1-3H3. The Hall–Kier alpha value is -1.44. The van der Waals surface area contributed by atoms with Crippen LogP contribution in [0.1, 0.15) is 35.3 Å². The number of nitrogens with two attached hydrogens (primary N) is 1. The van der Waals surface area contributed by atoms with Crippen molar-refractivity contribution in [3.63, 3.8) is 0 Å². The molecule has 1 aliphatic rings. The van der Waals surface area contributed by atoms with E-state index in [-0.39, 0.29) is 10.7 Å². The third kappa shape index (κ3) is 3.81. The molecule has 0 radical (unpaired) electrons. The highest BCUT2D eigenvalue weighted by atomic mass is 32.2. The maximum absolute atomic E-state index is 12.8. The van der Waals surface area contributed by atoms with Gasteiger partial charge in [0.25, 0.3) is 5.91 Å². The third-order valence-electron chi connectivity index (χ3n) is 3.60. The first-order valence-corrected chi connectivity index (χ1v) is 8.15. The molecular weight excluding hydrogens is 280 g/mol. The van der Waals surface area contributed by atoms with Gasteiger partial charge in [0.1, 0.15) is 0 Å². The van der Waals surface area contributed by atoms with Crippen molar-refractivity contribution in [1.29, 1.82) is 0 Å². The first kappa shape index (κ1) is 15.9. The number of thioether (sulfide) groups is 1. The number of carbonyl (C=O) groups excluding carboxylic acids is 1. The normalized spacial score (nSPS) is 17.0. The number of hydrogen-bond acceptors (Lipinski definition) is 3. The molecule has 0 bridgehead atoms. The van der Waals surface area contributed by atoms with Gasteiger partial charge in [-0.2, -0.15) is 11.8 Å². The molecule has 4 heteroatoms. The summed E-state index contributed by atoms with van der Waals surface area (Å²) >= 11 is 1.93. The summed E-state index contributed by atoms with van der Waals surface area (Å²) in [4.78, 5) is 14.7. The van der Waals surface area contributed by atoms with Crippen LogP contribution in [-0.4, -0.2) is 40.9 Å². The van der Waals surface area contributed by atoms with Crippen LogP contribution in [0.25, 0.3) is 0 Å². The summed E-state index contributed by atoms with van der Waals surface area (Å²) in [6.45, 7) is 8.26. The largest absolute Gasteiger partial charge is 0.336 e. The fourth-order valence-electron chi connectivity index (χ4n) is 2.51. The predicted molar refractivity (Wildman–Crippen MR) is 89.6 cm³/mol. The molecule has 21 heavy (non-hydrogen) atoms. The quantitative estimate of drug-likeness (QED) is 0.810. The molecule has 112 valence electrons. The fraction of sp³-hybridized carbons (Fsp3) is 0.471. The average Bonchev–Trinajstić information content (AvgIpc) is 2.44. The first-order valence-electron chi connectivity index (χ1n) is 7.16. The van der Waals surface area contributed by atoms with E-state index in [0.29, 0.717) is 6.54 Å². The van der Waals surface area contributed by atoms with Crippen LogP contribution in [0, 0.1) is 18.8 Å². The van der Waals surface area contributed by atoms with E-state index >= 15 is 0 Å². The number of rotatable bonds is 1. The summed E-state index contributed by atoms with van der Waals surface area (Å²) in [5.41, 5.74) is 8.00. The van der Waals surface area contributed by atoms with Crippen molar-refractivity contribution in [2.45, 2.75) is 25.5 Å². The second-order valence-electron chi connectivity index (χ2n) is 5.82. The van der Waals surface area contributed by atoms with Crippen molar-refractivity contribution in [2.75, 3.05) is 25.4 Å². The van der Waals surface area contributed by atoms with Gasteiger partial charge in [-0.05, 0) is 38.5 Å². The van der Waals surface area contributed by atoms with Crippen LogP contribution in [0.3, 0.4) is 0 Å². The summed E-state index contributed by atoms with van der Waals surface area (Å²) < 4.78 is 0.124. The highest BCUT2D eigenvalue weighted by Crippen LogP contribution is 2.30. The fourth-order valence-corrected chi connectivity index (χ4v) is 3.62. The van der Waals surface area contributed by atoms with E-state index in [1.807, 2.05) is 41.8 Å². The van der Waals surface area contributed by atoms with Crippen molar-refractivity contribution in [3.8, 4) is 11.8 Å². The van der Waals surface area contributed by atoms with Gasteiger partial charge in [0.05, 0.1) is 6.54 Å². The SMILES string of the molecule is Cc1c(C#CCN)cccc1C(=O)N1CCSC(C)(C)C1. The molecule has 0 aliphatic carbocycles. The van der Waals surface area contributed by atoms with Gasteiger partial charge in [0, 0.05) is 34.7 Å². The molecule has 2 N–H and O–H groups in total. The topological polar surface area (TPSA) is 46.3 Å². The van der Waals surface area contributed by atoms with Gasteiger partial charge < -0.3 is 10.6 Å². The maximum atomic E-state index is 12.8. The van der Waals surface area contributed by atoms with Crippen LogP contribution in [0.4, 0.5) is 0 Å². The summed E-state index contributed by atoms with van der Waals surface area (Å²) in [7, 11) is 0. The Bertz CT molecular complexity index is 599. The third-order valence-corrected chi connectivity index (χ3v) is 4.90. The first-order chi connectivity index (χ1) is 9.94. The van der Waals surface area contributed by atoms with Crippen LogP contribution in [0.15, 0.2) is 18.2 Å². The van der Waals surface area contributed by atoms with Crippen molar-refractivity contribution < 1.29 is 4.79 Å². The van der Waals surface area contributed by atoms with E-state index < -0.39 is 0 Å². The lowest BCUT2D eigenvalue weighted by molar-refractivity contribution is 0.0747. The van der Waals surface area contributed by atoms with Gasteiger partial charge in [-0.25, -0.2) is 0 Å². The van der Waals surface area contributed by atoms with Crippen molar-refractivity contribution >= 4 is 17.7 Å². The summed E-state index contributed by atoms with van der Waals surface area (Å²) in [5.74, 6) is 6.99. The van der Waals surface area contributed by atoms with E-state index in [1.54, 1.807) is 0 Å². The van der Waals surface area contributed by atoms with E-state index in [9.17, 15) is 4.79 Å². The second-order valence-corrected chi connectivity index (χ2v) is 7.62. The van der Waals surface area contributed by atoms with E-state index in [4.69, 9.17) is 5.73 Å². The number of nitrogens with zero attached hydrogens (tertiary/aromatic N) is 1. The van der Waals surface area contributed by atoms with Gasteiger partial charge in [-0.3, -0.25) is 4.79 Å². The summed E-state index contributed by atoms with van der Waals surface area (Å²) in [5, 5.41) is 0. The van der Waals surface area contributed by atoms with E-state index in [1.165, 1.54) is 0 Å². The van der Waals surface area contributed by atoms with Gasteiger partial charge >= 0.3 is 0 Å². The van der Waals surface area contributed by atoms with E-state index in [0.717, 1.165) is 35.5 Å². The zero-order valence-corrected chi connectivity index (χ0v) is 13.7. The maximum Gasteiger partial charge on any atom is 0.254 e. The molecule has 0 spiro atoms. The monoisotopic (exact) mass is 302 g/mol. The Balaban J connectivity index is 2.27. The Morgan fingerprint density at radius 2 is 2.24 bits per heavy atom. The van der Waals surface area contributed by atoms with Crippen LogP contribution in [0.2, 0.25) is 0 Å². The van der Waals surface area contributed by atoms with Crippen molar-refractivity contribution in [1.82, 2.24) is 4.90 Å². The average molecular weight is 302 g/mol. The minimum Gasteiger partial charge on any atom is -0.336 e. The molecule has 1 aromatic carbocycles. The Labute approximate surface area is 131 Å². The molecule has 0 unspecified atom stereocenters. The van der Waals surface area contributed by atoms with Crippen molar-refractivity contribution in [3.05, 3.63) is 34.9 Å². The molecule has 3 nitrogen and oxygen atoms in total. The minimum absolute atomic E-state index is 0.109. The lowest BCUT2D eigenvalue weighted by Crippen LogP contribution is -2.46. The molecule has 1 amide bonds. The summed E-state index contributed by atoms with van der Waals surface area (Å²) in [6, 6.07) is 5.72. The molecule has 1 heterocycles. The highest BCUT2D eigenvalue weighted by Gasteiger charge is 2.30. The van der Waals surface area contributed by atoms with Gasteiger partial charge in [0.15, 0.2) is 0 Å². The Morgan fingerprint density at radius 1 is 1.48 bits per heavy atom. The molecule has 1 saturated heterocycles. The zero-order valence-electron chi connectivity index (χ0n) is 12.9. The van der Waals surface area contributed by atoms with Gasteiger partial charge in [-0.1, -0.05) is 17.9 Å². The predicted octanol–water partition coefficient (Wildman–Crippen LogP) is 2.27. The van der Waals surface area contributed by atoms with Crippen LogP contribution >= 0.6 is 11.8 Å². The minimum atomic E-state index is 0.109. The molecule has 0 atom stereocenters. The lowest BCUT2D eigenvalue weighted by atomic mass is 10.0. The molecule has 0 aromatic heterocycles. The molecular formula is C17H22N2OS. The molecule has 2 rings (SSSR count). The van der Waals surface area contributed by atoms with Crippen LogP contribution < -0.4 is 5.73 Å². The number of amides is 1. The number of carbonyl (C=O) groups is 1. The van der Waals surface area contributed by atoms with Crippen LogP contribution in [-0.2, 0) is 0 Å².